The average Bonchev–Trinajstić information content (AvgIpc) is 2.63. The second kappa shape index (κ2) is 6.92. The molecule has 2 N–H and O–H groups in total. The minimum atomic E-state index is -0.227. The van der Waals surface area contributed by atoms with E-state index in [1.807, 2.05) is 10.6 Å². The molecule has 1 aromatic rings. The summed E-state index contributed by atoms with van der Waals surface area (Å²) in [4.78, 5) is 25.5. The number of nitrogens with zero attached hydrogens (tertiary/aromatic N) is 1. The molecule has 1 amide bonds. The Morgan fingerprint density at radius 2 is 2.04 bits per heavy atom. The molecule has 1 aromatic heterocycles. The molecule has 1 saturated carbocycles. The molecule has 2 aliphatic heterocycles. The lowest BCUT2D eigenvalue weighted by atomic mass is 9.84. The topological polar surface area (TPSA) is 72.4 Å². The molecule has 3 heterocycles. The SMILES string of the molecule is COC1CCC(NC(=O)c2ccc3n(c2=O)C[C@@H]2CNC[C@H]3C2)CC1. The number of rotatable bonds is 3. The number of piperidine rings is 1. The van der Waals surface area contributed by atoms with Crippen molar-refractivity contribution in [3.8, 4) is 0 Å². The van der Waals surface area contributed by atoms with Crippen LogP contribution in [0.15, 0.2) is 16.9 Å². The molecular weight excluding hydrogens is 318 g/mol. The Labute approximate surface area is 147 Å². The van der Waals surface area contributed by atoms with E-state index in [-0.39, 0.29) is 23.1 Å². The number of hydrogen-bond donors (Lipinski definition) is 2. The smallest absolute Gasteiger partial charge is 0.263 e. The van der Waals surface area contributed by atoms with E-state index in [0.717, 1.165) is 57.4 Å². The number of amides is 1. The van der Waals surface area contributed by atoms with Gasteiger partial charge in [0.15, 0.2) is 0 Å². The van der Waals surface area contributed by atoms with Gasteiger partial charge in [0.25, 0.3) is 11.5 Å². The predicted molar refractivity (Wildman–Crippen MR) is 94.9 cm³/mol. The molecule has 1 saturated heterocycles. The summed E-state index contributed by atoms with van der Waals surface area (Å²) in [6.07, 6.45) is 5.18. The first-order chi connectivity index (χ1) is 12.2. The van der Waals surface area contributed by atoms with Crippen LogP contribution in [-0.2, 0) is 11.3 Å². The fourth-order valence-electron chi connectivity index (χ4n) is 4.67. The summed E-state index contributed by atoms with van der Waals surface area (Å²) >= 11 is 0. The van der Waals surface area contributed by atoms with Crippen LogP contribution in [0.25, 0.3) is 0 Å². The van der Waals surface area contributed by atoms with Crippen molar-refractivity contribution in [2.75, 3.05) is 20.2 Å². The maximum Gasteiger partial charge on any atom is 0.263 e. The van der Waals surface area contributed by atoms with Gasteiger partial charge >= 0.3 is 0 Å². The van der Waals surface area contributed by atoms with E-state index in [0.29, 0.717) is 17.9 Å². The predicted octanol–water partition coefficient (Wildman–Crippen LogP) is 1.24. The van der Waals surface area contributed by atoms with Crippen LogP contribution in [0.4, 0.5) is 0 Å². The van der Waals surface area contributed by atoms with Crippen molar-refractivity contribution in [3.63, 3.8) is 0 Å². The van der Waals surface area contributed by atoms with Gasteiger partial charge in [-0.05, 0) is 56.7 Å². The number of fused-ring (bicyclic) bond motifs is 4. The largest absolute Gasteiger partial charge is 0.381 e. The Kier molecular flexibility index (Phi) is 4.65. The third kappa shape index (κ3) is 3.25. The van der Waals surface area contributed by atoms with Crippen molar-refractivity contribution in [2.24, 2.45) is 5.92 Å². The first-order valence-electron chi connectivity index (χ1n) is 9.44. The molecule has 1 aliphatic carbocycles. The standard InChI is InChI=1S/C19H27N3O3/c1-25-15-4-2-14(3-5-15)21-18(23)16-6-7-17-13-8-12(9-20-10-13)11-22(17)19(16)24/h6-7,12-15,20H,2-5,8-11H2,1H3,(H,21,23)/t12-,13+,14?,15?/m0/s1. The summed E-state index contributed by atoms with van der Waals surface area (Å²) in [6, 6.07) is 3.84. The molecule has 0 radical (unpaired) electrons. The van der Waals surface area contributed by atoms with Crippen LogP contribution in [0, 0.1) is 5.92 Å². The number of carbonyl (C=O) groups is 1. The zero-order chi connectivity index (χ0) is 17.4. The van der Waals surface area contributed by atoms with Gasteiger partial charge in [0.2, 0.25) is 0 Å². The monoisotopic (exact) mass is 345 g/mol. The quantitative estimate of drug-likeness (QED) is 0.865. The van der Waals surface area contributed by atoms with Crippen molar-refractivity contribution >= 4 is 5.91 Å². The zero-order valence-electron chi connectivity index (χ0n) is 14.8. The Hall–Kier alpha value is -1.66. The molecular formula is C19H27N3O3. The van der Waals surface area contributed by atoms with Crippen LogP contribution in [0.1, 0.15) is 54.1 Å². The van der Waals surface area contributed by atoms with Crippen LogP contribution in [-0.4, -0.2) is 42.8 Å². The van der Waals surface area contributed by atoms with Crippen LogP contribution in [0.3, 0.4) is 0 Å². The van der Waals surface area contributed by atoms with E-state index in [2.05, 4.69) is 10.6 Å². The number of carbonyl (C=O) groups excluding carboxylic acids is 1. The van der Waals surface area contributed by atoms with E-state index in [9.17, 15) is 9.59 Å². The number of nitrogens with one attached hydrogen (secondary N) is 2. The van der Waals surface area contributed by atoms with Gasteiger partial charge in [0, 0.05) is 37.9 Å². The molecule has 2 atom stereocenters. The van der Waals surface area contributed by atoms with Gasteiger partial charge in [-0.3, -0.25) is 9.59 Å². The van der Waals surface area contributed by atoms with Crippen molar-refractivity contribution < 1.29 is 9.53 Å². The molecule has 136 valence electrons. The Morgan fingerprint density at radius 1 is 1.24 bits per heavy atom. The van der Waals surface area contributed by atoms with Gasteiger partial charge in [-0.15, -0.1) is 0 Å². The lowest BCUT2D eigenvalue weighted by Crippen LogP contribution is -2.47. The van der Waals surface area contributed by atoms with Gasteiger partial charge in [0.05, 0.1) is 6.10 Å². The van der Waals surface area contributed by atoms with Crippen LogP contribution in [0.2, 0.25) is 0 Å². The maximum atomic E-state index is 12.9. The van der Waals surface area contributed by atoms with Crippen LogP contribution >= 0.6 is 0 Å². The van der Waals surface area contributed by atoms with E-state index in [1.165, 1.54) is 0 Å². The second-order valence-electron chi connectivity index (χ2n) is 7.73. The lowest BCUT2D eigenvalue weighted by molar-refractivity contribution is 0.0599. The maximum absolute atomic E-state index is 12.9. The van der Waals surface area contributed by atoms with Gasteiger partial charge < -0.3 is 19.9 Å². The first-order valence-corrected chi connectivity index (χ1v) is 9.44. The summed E-state index contributed by atoms with van der Waals surface area (Å²) < 4.78 is 7.22. The fourth-order valence-corrected chi connectivity index (χ4v) is 4.67. The van der Waals surface area contributed by atoms with Crippen LogP contribution < -0.4 is 16.2 Å². The van der Waals surface area contributed by atoms with Gasteiger partial charge in [-0.25, -0.2) is 0 Å². The summed E-state index contributed by atoms with van der Waals surface area (Å²) in [5.41, 5.74) is 1.23. The summed E-state index contributed by atoms with van der Waals surface area (Å²) in [6.45, 7) is 2.60. The molecule has 6 heteroatoms. The fraction of sp³-hybridized carbons (Fsp3) is 0.684. The summed E-state index contributed by atoms with van der Waals surface area (Å²) in [5.74, 6) is 0.656. The molecule has 2 fully saturated rings. The van der Waals surface area contributed by atoms with Gasteiger partial charge in [-0.2, -0.15) is 0 Å². The molecule has 0 spiro atoms. The number of pyridine rings is 1. The van der Waals surface area contributed by atoms with Crippen molar-refractivity contribution in [1.82, 2.24) is 15.2 Å². The van der Waals surface area contributed by atoms with Gasteiger partial charge in [0.1, 0.15) is 5.56 Å². The summed E-state index contributed by atoms with van der Waals surface area (Å²) in [5, 5.41) is 6.50. The lowest BCUT2D eigenvalue weighted by Gasteiger charge is -2.37. The highest BCUT2D eigenvalue weighted by Gasteiger charge is 2.32. The normalized spacial score (nSPS) is 31.2. The number of methoxy groups -OCH3 is 1. The van der Waals surface area contributed by atoms with Crippen molar-refractivity contribution in [3.05, 3.63) is 33.7 Å². The molecule has 3 aliphatic rings. The van der Waals surface area contributed by atoms with Crippen molar-refractivity contribution in [1.29, 1.82) is 0 Å². The highest BCUT2D eigenvalue weighted by Crippen LogP contribution is 2.31. The second-order valence-corrected chi connectivity index (χ2v) is 7.73. The highest BCUT2D eigenvalue weighted by atomic mass is 16.5. The van der Waals surface area contributed by atoms with E-state index in [4.69, 9.17) is 4.74 Å². The Bertz CT molecular complexity index is 706. The van der Waals surface area contributed by atoms with E-state index >= 15 is 0 Å². The third-order valence-electron chi connectivity index (χ3n) is 6.10. The zero-order valence-corrected chi connectivity index (χ0v) is 14.8. The van der Waals surface area contributed by atoms with E-state index < -0.39 is 0 Å². The minimum absolute atomic E-state index is 0.128. The molecule has 2 bridgehead atoms. The number of ether oxygens (including phenoxy) is 1. The minimum Gasteiger partial charge on any atom is -0.381 e. The van der Waals surface area contributed by atoms with Crippen LogP contribution in [0.5, 0.6) is 0 Å². The van der Waals surface area contributed by atoms with Crippen molar-refractivity contribution in [2.45, 2.75) is 56.7 Å². The molecule has 25 heavy (non-hydrogen) atoms. The summed E-state index contributed by atoms with van der Waals surface area (Å²) in [7, 11) is 1.74. The first kappa shape index (κ1) is 16.8. The number of hydrogen-bond acceptors (Lipinski definition) is 4. The molecule has 4 rings (SSSR count). The Balaban J connectivity index is 1.50. The van der Waals surface area contributed by atoms with Gasteiger partial charge in [-0.1, -0.05) is 0 Å². The Morgan fingerprint density at radius 3 is 2.80 bits per heavy atom. The van der Waals surface area contributed by atoms with E-state index in [1.54, 1.807) is 13.2 Å². The average molecular weight is 345 g/mol. The number of aromatic nitrogens is 1. The molecule has 6 nitrogen and oxygen atoms in total. The highest BCUT2D eigenvalue weighted by molar-refractivity contribution is 5.94. The molecule has 0 aromatic carbocycles. The third-order valence-corrected chi connectivity index (χ3v) is 6.10. The molecule has 0 unspecified atom stereocenters.